The molecule has 0 aromatic rings. The molecule has 0 N–H and O–H groups in total. The second kappa shape index (κ2) is 4.62. The van der Waals surface area contributed by atoms with E-state index in [2.05, 4.69) is 0 Å². The maximum atomic E-state index is 5.10. The van der Waals surface area contributed by atoms with Crippen molar-refractivity contribution in [1.82, 2.24) is 0 Å². The molecular weight excluding hydrogens is 128 g/mol. The molecular formula is C4H8ClOSi-. The summed E-state index contributed by atoms with van der Waals surface area (Å²) in [5.74, 6) is 0. The van der Waals surface area contributed by atoms with Gasteiger partial charge in [0.2, 0.25) is 9.76 Å². The molecule has 1 nitrogen and oxygen atoms in total. The van der Waals surface area contributed by atoms with Crippen LogP contribution in [-0.2, 0) is 4.43 Å². The largest absolute Gasteiger partial charge is 1.00 e. The van der Waals surface area contributed by atoms with Crippen LogP contribution >= 0.6 is 0 Å². The van der Waals surface area contributed by atoms with Crippen LogP contribution in [0.5, 0.6) is 0 Å². The summed E-state index contributed by atoms with van der Waals surface area (Å²) in [6.07, 6.45) is 2.67. The summed E-state index contributed by atoms with van der Waals surface area (Å²) in [4.78, 5) is 0. The Morgan fingerprint density at radius 2 is 2.14 bits per heavy atom. The van der Waals surface area contributed by atoms with Crippen LogP contribution in [0.3, 0.4) is 0 Å². The zero-order chi connectivity index (χ0) is 4.24. The fourth-order valence-electron chi connectivity index (χ4n) is 0.516. The number of halogens is 1. The second-order valence-electron chi connectivity index (χ2n) is 1.45. The maximum absolute atomic E-state index is 5.10. The summed E-state index contributed by atoms with van der Waals surface area (Å²) in [6, 6.07) is 1.31. The highest BCUT2D eigenvalue weighted by atomic mass is 35.5. The van der Waals surface area contributed by atoms with E-state index in [1.807, 2.05) is 0 Å². The van der Waals surface area contributed by atoms with Crippen molar-refractivity contribution in [2.45, 2.75) is 18.9 Å². The van der Waals surface area contributed by atoms with Crippen LogP contribution in [0.15, 0.2) is 0 Å². The van der Waals surface area contributed by atoms with E-state index in [-0.39, 0.29) is 12.4 Å². The molecule has 2 radical (unpaired) electrons. The molecule has 0 saturated carbocycles. The Kier molecular flexibility index (Phi) is 4.93. The molecule has 1 aliphatic rings. The summed E-state index contributed by atoms with van der Waals surface area (Å²) in [6.45, 7) is 1.01. The normalized spacial score (nSPS) is 20.6. The Hall–Kier alpha value is 0.467. The predicted octanol–water partition coefficient (Wildman–Crippen LogP) is -2.16. The topological polar surface area (TPSA) is 9.23 Å². The highest BCUT2D eigenvalue weighted by Gasteiger charge is 1.97. The molecule has 1 fully saturated rings. The van der Waals surface area contributed by atoms with E-state index in [9.17, 15) is 0 Å². The molecule has 1 saturated heterocycles. The van der Waals surface area contributed by atoms with Crippen LogP contribution < -0.4 is 12.4 Å². The van der Waals surface area contributed by atoms with Gasteiger partial charge < -0.3 is 16.8 Å². The van der Waals surface area contributed by atoms with E-state index in [1.54, 1.807) is 0 Å². The Bertz CT molecular complexity index is 27.2. The molecule has 3 heteroatoms. The van der Waals surface area contributed by atoms with E-state index in [0.29, 0.717) is 0 Å². The van der Waals surface area contributed by atoms with Gasteiger partial charge in [-0.15, -0.1) is 0 Å². The van der Waals surface area contributed by atoms with Gasteiger partial charge in [0.05, 0.1) is 0 Å². The van der Waals surface area contributed by atoms with Crippen LogP contribution in [0.2, 0.25) is 6.04 Å². The first-order valence-electron chi connectivity index (χ1n) is 2.35. The van der Waals surface area contributed by atoms with Gasteiger partial charge in [-0.1, -0.05) is 6.42 Å². The van der Waals surface area contributed by atoms with Gasteiger partial charge >= 0.3 is 0 Å². The summed E-state index contributed by atoms with van der Waals surface area (Å²) < 4.78 is 5.10. The van der Waals surface area contributed by atoms with Crippen LogP contribution in [0.1, 0.15) is 12.8 Å². The molecule has 0 unspecified atom stereocenters. The van der Waals surface area contributed by atoms with E-state index < -0.39 is 0 Å². The quantitative estimate of drug-likeness (QED) is 0.344. The van der Waals surface area contributed by atoms with Crippen molar-refractivity contribution in [2.24, 2.45) is 0 Å². The number of hydrogen-bond donors (Lipinski definition) is 0. The first-order chi connectivity index (χ1) is 3.00. The van der Waals surface area contributed by atoms with Crippen LogP contribution in [-0.4, -0.2) is 16.4 Å². The van der Waals surface area contributed by atoms with Gasteiger partial charge in [0.25, 0.3) is 0 Å². The summed E-state index contributed by atoms with van der Waals surface area (Å²) in [5.41, 5.74) is 0. The highest BCUT2D eigenvalue weighted by molar-refractivity contribution is 6.27. The number of hydrogen-bond acceptors (Lipinski definition) is 1. The minimum atomic E-state index is 0. The summed E-state index contributed by atoms with van der Waals surface area (Å²) in [5, 5.41) is 0. The molecule has 0 bridgehead atoms. The van der Waals surface area contributed by atoms with Crippen molar-refractivity contribution in [3.8, 4) is 0 Å². The second-order valence-corrected chi connectivity index (χ2v) is 2.53. The Morgan fingerprint density at radius 3 is 2.29 bits per heavy atom. The number of rotatable bonds is 0. The lowest BCUT2D eigenvalue weighted by Gasteiger charge is -2.06. The van der Waals surface area contributed by atoms with Gasteiger partial charge in [0, 0.05) is 6.61 Å². The first-order valence-corrected chi connectivity index (χ1v) is 3.46. The molecule has 0 spiro atoms. The standard InChI is InChI=1S/C4H8OSi.ClH/c1-2-4-6-5-3-1;/h1-4H2;1H/p-1. The summed E-state index contributed by atoms with van der Waals surface area (Å²) >= 11 is 0. The van der Waals surface area contributed by atoms with Gasteiger partial charge in [-0.3, -0.25) is 0 Å². The maximum Gasteiger partial charge on any atom is 0.229 e. The fourth-order valence-corrected chi connectivity index (χ4v) is 1.34. The Balaban J connectivity index is 0.000000360. The van der Waals surface area contributed by atoms with Crippen molar-refractivity contribution >= 4 is 9.76 Å². The third kappa shape index (κ3) is 3.09. The van der Waals surface area contributed by atoms with Gasteiger partial charge in [-0.2, -0.15) is 0 Å². The first kappa shape index (κ1) is 7.47. The lowest BCUT2D eigenvalue weighted by atomic mass is 10.4. The average Bonchev–Trinajstić information content (AvgIpc) is 1.72. The molecule has 0 amide bonds. The van der Waals surface area contributed by atoms with E-state index in [0.717, 1.165) is 16.4 Å². The monoisotopic (exact) mass is 135 g/mol. The van der Waals surface area contributed by atoms with Crippen LogP contribution in [0, 0.1) is 0 Å². The minimum absolute atomic E-state index is 0. The lowest BCUT2D eigenvalue weighted by Crippen LogP contribution is -3.00. The molecule has 0 aromatic carbocycles. The Morgan fingerprint density at radius 1 is 1.29 bits per heavy atom. The molecule has 1 aliphatic heterocycles. The van der Waals surface area contributed by atoms with Gasteiger partial charge in [-0.05, 0) is 12.5 Å². The molecule has 1 rings (SSSR count). The lowest BCUT2D eigenvalue weighted by molar-refractivity contribution is -0.00000183. The van der Waals surface area contributed by atoms with Gasteiger partial charge in [0.15, 0.2) is 0 Å². The van der Waals surface area contributed by atoms with E-state index in [1.165, 1.54) is 18.9 Å². The van der Waals surface area contributed by atoms with Gasteiger partial charge in [-0.25, -0.2) is 0 Å². The summed E-state index contributed by atoms with van der Waals surface area (Å²) in [7, 11) is 0.802. The molecule has 7 heavy (non-hydrogen) atoms. The third-order valence-electron chi connectivity index (χ3n) is 0.877. The SMILES string of the molecule is C1CC[Si]OC1.[Cl-]. The van der Waals surface area contributed by atoms with Crippen LogP contribution in [0.4, 0.5) is 0 Å². The third-order valence-corrected chi connectivity index (χ3v) is 1.84. The van der Waals surface area contributed by atoms with Gasteiger partial charge in [0.1, 0.15) is 0 Å². The van der Waals surface area contributed by atoms with Crippen molar-refractivity contribution in [3.63, 3.8) is 0 Å². The molecule has 0 atom stereocenters. The van der Waals surface area contributed by atoms with Crippen LogP contribution in [0.25, 0.3) is 0 Å². The minimum Gasteiger partial charge on any atom is -1.00 e. The average molecular weight is 136 g/mol. The molecule has 0 aliphatic carbocycles. The zero-order valence-electron chi connectivity index (χ0n) is 4.11. The van der Waals surface area contributed by atoms with Crippen molar-refractivity contribution in [1.29, 1.82) is 0 Å². The van der Waals surface area contributed by atoms with E-state index >= 15 is 0 Å². The highest BCUT2D eigenvalue weighted by Crippen LogP contribution is 2.01. The van der Waals surface area contributed by atoms with Crippen molar-refractivity contribution in [3.05, 3.63) is 0 Å². The molecule has 1 heterocycles. The smallest absolute Gasteiger partial charge is 0.229 e. The predicted molar refractivity (Wildman–Crippen MR) is 25.7 cm³/mol. The van der Waals surface area contributed by atoms with E-state index in [4.69, 9.17) is 4.43 Å². The van der Waals surface area contributed by atoms with Crippen molar-refractivity contribution < 1.29 is 16.8 Å². The zero-order valence-corrected chi connectivity index (χ0v) is 5.87. The Labute approximate surface area is 52.8 Å². The molecule has 42 valence electrons. The fraction of sp³-hybridized carbons (Fsp3) is 1.00. The van der Waals surface area contributed by atoms with Crippen molar-refractivity contribution in [2.75, 3.05) is 6.61 Å². The molecule has 0 aromatic heterocycles.